The standard InChI is InChI=1S/C21H19F2N5O/c22-14-5-8-18(23)19(10-14)29-16-6-3-13(4-7-16)20-17(11-24)21(25)28(27-20)15-2-1-9-26-12-15/h3-8,10,15,26H,1-2,9,12,25H2. The Morgan fingerprint density at radius 3 is 2.69 bits per heavy atom. The number of nitrogens with two attached hydrogens (primary N) is 1. The average molecular weight is 395 g/mol. The molecule has 1 atom stereocenters. The number of piperidine rings is 1. The number of aromatic nitrogens is 2. The summed E-state index contributed by atoms with van der Waals surface area (Å²) in [6.45, 7) is 1.71. The minimum atomic E-state index is -0.658. The van der Waals surface area contributed by atoms with Gasteiger partial charge in [0.25, 0.3) is 0 Å². The lowest BCUT2D eigenvalue weighted by Crippen LogP contribution is -2.32. The van der Waals surface area contributed by atoms with Gasteiger partial charge in [0.15, 0.2) is 11.6 Å². The summed E-state index contributed by atoms with van der Waals surface area (Å²) in [7, 11) is 0. The largest absolute Gasteiger partial charge is 0.454 e. The van der Waals surface area contributed by atoms with E-state index >= 15 is 0 Å². The maximum atomic E-state index is 13.8. The number of rotatable bonds is 4. The van der Waals surface area contributed by atoms with Crippen LogP contribution in [0.2, 0.25) is 0 Å². The van der Waals surface area contributed by atoms with Crippen LogP contribution in [-0.4, -0.2) is 22.9 Å². The first-order valence-corrected chi connectivity index (χ1v) is 9.29. The highest BCUT2D eigenvalue weighted by Gasteiger charge is 2.23. The predicted octanol–water partition coefficient (Wildman–Crippen LogP) is 4.00. The molecule has 29 heavy (non-hydrogen) atoms. The van der Waals surface area contributed by atoms with Crippen molar-refractivity contribution in [3.63, 3.8) is 0 Å². The highest BCUT2D eigenvalue weighted by molar-refractivity contribution is 5.73. The predicted molar refractivity (Wildman–Crippen MR) is 104 cm³/mol. The van der Waals surface area contributed by atoms with Gasteiger partial charge in [0.2, 0.25) is 0 Å². The molecule has 148 valence electrons. The van der Waals surface area contributed by atoms with Gasteiger partial charge in [0, 0.05) is 18.2 Å². The van der Waals surface area contributed by atoms with Crippen molar-refractivity contribution in [2.75, 3.05) is 18.8 Å². The molecule has 0 bridgehead atoms. The fraction of sp³-hybridized carbons (Fsp3) is 0.238. The van der Waals surface area contributed by atoms with Crippen LogP contribution < -0.4 is 15.8 Å². The van der Waals surface area contributed by atoms with E-state index in [4.69, 9.17) is 10.5 Å². The highest BCUT2D eigenvalue weighted by Crippen LogP contribution is 2.32. The number of nitrogen functional groups attached to an aromatic ring is 1. The zero-order chi connectivity index (χ0) is 20.4. The molecule has 1 aliphatic heterocycles. The van der Waals surface area contributed by atoms with Crippen LogP contribution in [0.25, 0.3) is 11.3 Å². The summed E-state index contributed by atoms with van der Waals surface area (Å²) in [6, 6.07) is 11.9. The topological polar surface area (TPSA) is 88.9 Å². The second-order valence-electron chi connectivity index (χ2n) is 6.87. The minimum Gasteiger partial charge on any atom is -0.454 e. The van der Waals surface area contributed by atoms with E-state index in [2.05, 4.69) is 16.5 Å². The summed E-state index contributed by atoms with van der Waals surface area (Å²) in [4.78, 5) is 0. The van der Waals surface area contributed by atoms with E-state index in [1.165, 1.54) is 0 Å². The van der Waals surface area contributed by atoms with Gasteiger partial charge in [-0.3, -0.25) is 0 Å². The Hall–Kier alpha value is -3.44. The van der Waals surface area contributed by atoms with Crippen molar-refractivity contribution in [1.29, 1.82) is 5.26 Å². The van der Waals surface area contributed by atoms with Crippen molar-refractivity contribution in [2.45, 2.75) is 18.9 Å². The van der Waals surface area contributed by atoms with Crippen LogP contribution in [0.5, 0.6) is 11.5 Å². The number of benzene rings is 2. The molecule has 3 aromatic rings. The number of nitrogens with one attached hydrogen (secondary N) is 1. The summed E-state index contributed by atoms with van der Waals surface area (Å²) in [5, 5.41) is 17.5. The Kier molecular flexibility index (Phi) is 5.14. The molecule has 1 fully saturated rings. The molecule has 6 nitrogen and oxygen atoms in total. The number of anilines is 1. The smallest absolute Gasteiger partial charge is 0.165 e. The number of hydrogen-bond donors (Lipinski definition) is 2. The highest BCUT2D eigenvalue weighted by atomic mass is 19.1. The van der Waals surface area contributed by atoms with Gasteiger partial charge in [-0.05, 0) is 55.8 Å². The zero-order valence-electron chi connectivity index (χ0n) is 15.5. The molecule has 2 aromatic carbocycles. The molecule has 1 aliphatic rings. The molecule has 0 amide bonds. The van der Waals surface area contributed by atoms with E-state index < -0.39 is 11.6 Å². The zero-order valence-corrected chi connectivity index (χ0v) is 15.5. The molecule has 4 rings (SSSR count). The molecular weight excluding hydrogens is 376 g/mol. The van der Waals surface area contributed by atoms with Crippen LogP contribution in [0, 0.1) is 23.0 Å². The Morgan fingerprint density at radius 1 is 1.21 bits per heavy atom. The van der Waals surface area contributed by atoms with Crippen molar-refractivity contribution >= 4 is 5.82 Å². The third-order valence-electron chi connectivity index (χ3n) is 4.92. The van der Waals surface area contributed by atoms with Gasteiger partial charge in [-0.25, -0.2) is 13.5 Å². The summed E-state index contributed by atoms with van der Waals surface area (Å²) >= 11 is 0. The van der Waals surface area contributed by atoms with Crippen molar-refractivity contribution in [1.82, 2.24) is 15.1 Å². The summed E-state index contributed by atoms with van der Waals surface area (Å²) < 4.78 is 34.2. The maximum absolute atomic E-state index is 13.8. The second-order valence-corrected chi connectivity index (χ2v) is 6.87. The molecule has 0 spiro atoms. The quantitative estimate of drug-likeness (QED) is 0.697. The fourth-order valence-corrected chi connectivity index (χ4v) is 3.44. The number of ether oxygens (including phenoxy) is 1. The van der Waals surface area contributed by atoms with Gasteiger partial charge in [-0.15, -0.1) is 0 Å². The van der Waals surface area contributed by atoms with E-state index in [0.29, 0.717) is 28.4 Å². The summed E-state index contributed by atoms with van der Waals surface area (Å²) in [6.07, 6.45) is 1.96. The molecule has 0 radical (unpaired) electrons. The maximum Gasteiger partial charge on any atom is 0.165 e. The Balaban J connectivity index is 1.62. The molecular formula is C21H19F2N5O. The van der Waals surface area contributed by atoms with E-state index in [0.717, 1.165) is 44.1 Å². The molecule has 2 heterocycles. The third kappa shape index (κ3) is 3.77. The van der Waals surface area contributed by atoms with Gasteiger partial charge in [-0.2, -0.15) is 10.4 Å². The summed E-state index contributed by atoms with van der Waals surface area (Å²) in [5.74, 6) is -0.766. The van der Waals surface area contributed by atoms with E-state index in [-0.39, 0.29) is 11.8 Å². The lowest BCUT2D eigenvalue weighted by Gasteiger charge is -2.23. The van der Waals surface area contributed by atoms with Crippen LogP contribution in [0.15, 0.2) is 42.5 Å². The number of hydrogen-bond acceptors (Lipinski definition) is 5. The molecule has 1 unspecified atom stereocenters. The molecule has 3 N–H and O–H groups in total. The van der Waals surface area contributed by atoms with Gasteiger partial charge in [-0.1, -0.05) is 0 Å². The van der Waals surface area contributed by atoms with Crippen LogP contribution in [-0.2, 0) is 0 Å². The average Bonchev–Trinajstić information content (AvgIpc) is 3.08. The first kappa shape index (κ1) is 18.9. The van der Waals surface area contributed by atoms with Crippen molar-refractivity contribution in [3.05, 3.63) is 59.7 Å². The van der Waals surface area contributed by atoms with Gasteiger partial charge in [0.05, 0.1) is 6.04 Å². The normalized spacial score (nSPS) is 16.4. The van der Waals surface area contributed by atoms with E-state index in [1.807, 2.05) is 0 Å². The monoisotopic (exact) mass is 395 g/mol. The molecule has 8 heteroatoms. The van der Waals surface area contributed by atoms with Gasteiger partial charge in [0.1, 0.15) is 34.7 Å². The molecule has 0 saturated carbocycles. The van der Waals surface area contributed by atoms with Crippen LogP contribution in [0.4, 0.5) is 14.6 Å². The van der Waals surface area contributed by atoms with Crippen LogP contribution in [0.1, 0.15) is 24.4 Å². The fourth-order valence-electron chi connectivity index (χ4n) is 3.44. The Labute approximate surface area is 166 Å². The lowest BCUT2D eigenvalue weighted by atomic mass is 10.1. The number of nitriles is 1. The molecule has 0 aliphatic carbocycles. The molecule has 1 saturated heterocycles. The molecule has 1 aromatic heterocycles. The first-order valence-electron chi connectivity index (χ1n) is 9.29. The number of nitrogens with zero attached hydrogens (tertiary/aromatic N) is 3. The van der Waals surface area contributed by atoms with Crippen molar-refractivity contribution in [3.8, 4) is 28.8 Å². The first-order chi connectivity index (χ1) is 14.1. The van der Waals surface area contributed by atoms with Crippen LogP contribution >= 0.6 is 0 Å². The Bertz CT molecular complexity index is 1070. The van der Waals surface area contributed by atoms with Crippen molar-refractivity contribution in [2.24, 2.45) is 0 Å². The lowest BCUT2D eigenvalue weighted by molar-refractivity contribution is 0.351. The number of halogens is 2. The van der Waals surface area contributed by atoms with Gasteiger partial charge < -0.3 is 15.8 Å². The van der Waals surface area contributed by atoms with Crippen LogP contribution in [0.3, 0.4) is 0 Å². The van der Waals surface area contributed by atoms with E-state index in [1.54, 1.807) is 28.9 Å². The van der Waals surface area contributed by atoms with E-state index in [9.17, 15) is 14.0 Å². The second kappa shape index (κ2) is 7.89. The van der Waals surface area contributed by atoms with Gasteiger partial charge >= 0.3 is 0 Å². The Morgan fingerprint density at radius 2 is 2.00 bits per heavy atom. The third-order valence-corrected chi connectivity index (χ3v) is 4.92. The SMILES string of the molecule is N#Cc1c(-c2ccc(Oc3cc(F)ccc3F)cc2)nn(C2CCCNC2)c1N. The summed E-state index contributed by atoms with van der Waals surface area (Å²) in [5.41, 5.74) is 7.68. The van der Waals surface area contributed by atoms with Crippen molar-refractivity contribution < 1.29 is 13.5 Å². The minimum absolute atomic E-state index is 0.100.